The zero-order valence-electron chi connectivity index (χ0n) is 12.1. The number of fused-ring (bicyclic) bond motifs is 1. The average molecular weight is 266 g/mol. The summed E-state index contributed by atoms with van der Waals surface area (Å²) in [5.41, 5.74) is 12.7. The molecular weight excluding hydrogens is 244 g/mol. The molecule has 1 aliphatic heterocycles. The van der Waals surface area contributed by atoms with Gasteiger partial charge in [-0.1, -0.05) is 30.3 Å². The minimum atomic E-state index is 0.720. The normalized spacial score (nSPS) is 14.2. The predicted molar refractivity (Wildman–Crippen MR) is 85.1 cm³/mol. The summed E-state index contributed by atoms with van der Waals surface area (Å²) < 4.78 is 0. The lowest BCUT2D eigenvalue weighted by atomic mass is 9.98. The molecule has 1 aliphatic rings. The van der Waals surface area contributed by atoms with Gasteiger partial charge in [-0.3, -0.25) is 0 Å². The van der Waals surface area contributed by atoms with E-state index < -0.39 is 0 Å². The lowest BCUT2D eigenvalue weighted by molar-refractivity contribution is 0.731. The van der Waals surface area contributed by atoms with Crippen molar-refractivity contribution in [2.75, 3.05) is 18.0 Å². The molecule has 2 aromatic rings. The van der Waals surface area contributed by atoms with Crippen LogP contribution in [0.1, 0.15) is 22.3 Å². The maximum absolute atomic E-state index is 5.65. The van der Waals surface area contributed by atoms with Crippen LogP contribution in [0.25, 0.3) is 0 Å². The molecule has 0 amide bonds. The summed E-state index contributed by atoms with van der Waals surface area (Å²) in [6, 6.07) is 15.6. The van der Waals surface area contributed by atoms with Gasteiger partial charge in [0.2, 0.25) is 0 Å². The minimum absolute atomic E-state index is 0.720. The molecule has 0 radical (unpaired) electrons. The third-order valence-electron chi connectivity index (χ3n) is 4.24. The molecule has 0 atom stereocenters. The first-order chi connectivity index (χ1) is 9.78. The molecule has 20 heavy (non-hydrogen) atoms. The van der Waals surface area contributed by atoms with E-state index in [1.54, 1.807) is 0 Å². The van der Waals surface area contributed by atoms with Crippen LogP contribution in [-0.4, -0.2) is 13.1 Å². The summed E-state index contributed by atoms with van der Waals surface area (Å²) in [7, 11) is 0. The Bertz CT molecular complexity index is 604. The van der Waals surface area contributed by atoms with Gasteiger partial charge in [0.15, 0.2) is 0 Å². The molecular formula is C18H22N2. The Balaban J connectivity index is 1.83. The molecule has 0 fully saturated rings. The summed E-state index contributed by atoms with van der Waals surface area (Å²) in [5.74, 6) is 0. The van der Waals surface area contributed by atoms with Gasteiger partial charge >= 0.3 is 0 Å². The number of aryl methyl sites for hydroxylation is 1. The third kappa shape index (κ3) is 2.56. The van der Waals surface area contributed by atoms with E-state index in [2.05, 4.69) is 54.3 Å². The number of rotatable bonds is 3. The van der Waals surface area contributed by atoms with Crippen molar-refractivity contribution in [3.8, 4) is 0 Å². The number of nitrogens with zero attached hydrogens (tertiary/aromatic N) is 1. The summed E-state index contributed by atoms with van der Waals surface area (Å²) in [4.78, 5) is 2.47. The lowest BCUT2D eigenvalue weighted by Crippen LogP contribution is -2.30. The van der Waals surface area contributed by atoms with Gasteiger partial charge < -0.3 is 10.6 Å². The zero-order valence-corrected chi connectivity index (χ0v) is 12.1. The molecule has 2 aromatic carbocycles. The fourth-order valence-electron chi connectivity index (χ4n) is 3.03. The Kier molecular flexibility index (Phi) is 3.75. The second-order valence-electron chi connectivity index (χ2n) is 5.59. The van der Waals surface area contributed by atoms with Gasteiger partial charge in [-0.25, -0.2) is 0 Å². The van der Waals surface area contributed by atoms with Crippen LogP contribution in [0.5, 0.6) is 0 Å². The van der Waals surface area contributed by atoms with Gasteiger partial charge in [0.25, 0.3) is 0 Å². The first kappa shape index (κ1) is 13.2. The van der Waals surface area contributed by atoms with E-state index in [9.17, 15) is 0 Å². The Labute approximate surface area is 121 Å². The van der Waals surface area contributed by atoms with Gasteiger partial charge in [-0.2, -0.15) is 0 Å². The van der Waals surface area contributed by atoms with Gasteiger partial charge in [-0.15, -0.1) is 0 Å². The van der Waals surface area contributed by atoms with Crippen LogP contribution in [0.2, 0.25) is 0 Å². The monoisotopic (exact) mass is 266 g/mol. The van der Waals surface area contributed by atoms with E-state index in [1.165, 1.54) is 27.9 Å². The largest absolute Gasteiger partial charge is 0.367 e. The predicted octanol–water partition coefficient (Wildman–Crippen LogP) is 3.06. The number of hydrogen-bond donors (Lipinski definition) is 1. The average Bonchev–Trinajstić information content (AvgIpc) is 2.49. The van der Waals surface area contributed by atoms with Crippen molar-refractivity contribution in [3.63, 3.8) is 0 Å². The highest BCUT2D eigenvalue weighted by Gasteiger charge is 2.16. The van der Waals surface area contributed by atoms with Gasteiger partial charge in [0.05, 0.1) is 0 Å². The topological polar surface area (TPSA) is 29.3 Å². The van der Waals surface area contributed by atoms with Crippen molar-refractivity contribution >= 4 is 5.69 Å². The quantitative estimate of drug-likeness (QED) is 0.925. The first-order valence-corrected chi connectivity index (χ1v) is 7.39. The van der Waals surface area contributed by atoms with E-state index in [1.807, 2.05) is 0 Å². The number of hydrogen-bond acceptors (Lipinski definition) is 2. The highest BCUT2D eigenvalue weighted by Crippen LogP contribution is 2.26. The maximum atomic E-state index is 5.65. The van der Waals surface area contributed by atoms with Crippen LogP contribution in [0.3, 0.4) is 0 Å². The number of nitrogens with two attached hydrogens (primary N) is 1. The maximum Gasteiger partial charge on any atom is 0.0432 e. The van der Waals surface area contributed by atoms with Crippen LogP contribution in [-0.2, 0) is 19.4 Å². The molecule has 0 unspecified atom stereocenters. The third-order valence-corrected chi connectivity index (χ3v) is 4.24. The molecule has 0 spiro atoms. The van der Waals surface area contributed by atoms with E-state index in [0.717, 1.165) is 32.5 Å². The fourth-order valence-corrected chi connectivity index (χ4v) is 3.03. The minimum Gasteiger partial charge on any atom is -0.367 e. The molecule has 104 valence electrons. The van der Waals surface area contributed by atoms with E-state index in [-0.39, 0.29) is 0 Å². The van der Waals surface area contributed by atoms with E-state index in [0.29, 0.717) is 0 Å². The van der Waals surface area contributed by atoms with E-state index >= 15 is 0 Å². The molecule has 3 rings (SSSR count). The van der Waals surface area contributed by atoms with Crippen molar-refractivity contribution in [1.29, 1.82) is 0 Å². The van der Waals surface area contributed by atoms with Crippen molar-refractivity contribution < 1.29 is 0 Å². The molecule has 0 aliphatic carbocycles. The molecule has 1 heterocycles. The van der Waals surface area contributed by atoms with Gasteiger partial charge in [-0.05, 0) is 60.7 Å². The van der Waals surface area contributed by atoms with Crippen LogP contribution in [0, 0.1) is 6.92 Å². The Hall–Kier alpha value is -1.80. The van der Waals surface area contributed by atoms with Gasteiger partial charge in [0.1, 0.15) is 0 Å². The van der Waals surface area contributed by atoms with Crippen molar-refractivity contribution in [1.82, 2.24) is 0 Å². The number of anilines is 1. The van der Waals surface area contributed by atoms with Crippen molar-refractivity contribution in [2.45, 2.75) is 26.3 Å². The highest BCUT2D eigenvalue weighted by molar-refractivity contribution is 5.53. The molecule has 0 saturated heterocycles. The van der Waals surface area contributed by atoms with Crippen LogP contribution in [0.15, 0.2) is 42.5 Å². The van der Waals surface area contributed by atoms with Crippen LogP contribution in [0.4, 0.5) is 5.69 Å². The number of benzene rings is 2. The molecule has 2 N–H and O–H groups in total. The van der Waals surface area contributed by atoms with Crippen LogP contribution >= 0.6 is 0 Å². The highest BCUT2D eigenvalue weighted by atomic mass is 15.1. The molecule has 0 saturated carbocycles. The van der Waals surface area contributed by atoms with Crippen LogP contribution < -0.4 is 10.6 Å². The fraction of sp³-hybridized carbons (Fsp3) is 0.333. The zero-order chi connectivity index (χ0) is 13.9. The summed E-state index contributed by atoms with van der Waals surface area (Å²) in [6.07, 6.45) is 2.11. The summed E-state index contributed by atoms with van der Waals surface area (Å²) in [6.45, 7) is 5.03. The Morgan fingerprint density at radius 3 is 2.65 bits per heavy atom. The van der Waals surface area contributed by atoms with Crippen molar-refractivity contribution in [3.05, 3.63) is 64.7 Å². The standard InChI is InChI=1S/C18H22N2/c1-14-12-18(7-6-15(14)8-10-19)20-11-9-16-4-2-3-5-17(16)13-20/h2-7,12H,8-11,13,19H2,1H3. The Morgan fingerprint density at radius 2 is 1.90 bits per heavy atom. The van der Waals surface area contributed by atoms with E-state index in [4.69, 9.17) is 5.73 Å². The molecule has 2 nitrogen and oxygen atoms in total. The lowest BCUT2D eigenvalue weighted by Gasteiger charge is -2.31. The summed E-state index contributed by atoms with van der Waals surface area (Å²) >= 11 is 0. The Morgan fingerprint density at radius 1 is 1.10 bits per heavy atom. The summed E-state index contributed by atoms with van der Waals surface area (Å²) in [5, 5.41) is 0. The molecule has 0 bridgehead atoms. The second kappa shape index (κ2) is 5.68. The smallest absolute Gasteiger partial charge is 0.0432 e. The molecule has 0 aromatic heterocycles. The second-order valence-corrected chi connectivity index (χ2v) is 5.59. The van der Waals surface area contributed by atoms with Crippen molar-refractivity contribution in [2.24, 2.45) is 5.73 Å². The SMILES string of the molecule is Cc1cc(N2CCc3ccccc3C2)ccc1CCN. The molecule has 2 heteroatoms. The van der Waals surface area contributed by atoms with Gasteiger partial charge in [0, 0.05) is 18.8 Å². The first-order valence-electron chi connectivity index (χ1n) is 7.39.